The number of allylic oxidation sites excluding steroid dienone is 2. The molecule has 2 aliphatic heterocycles. The molecule has 0 spiro atoms. The molecule has 2 fully saturated rings. The van der Waals surface area contributed by atoms with Gasteiger partial charge in [-0.05, 0) is 70.2 Å². The SMILES string of the molecule is CCC1CC=C(c2ccc(C3(c4noc(-c5ccc(N6CCN(C(=O)OC(C)(C)C)CC6)nc5)n4)CCC3)cn2)C=NC1=N. The van der Waals surface area contributed by atoms with Crippen molar-refractivity contribution in [2.75, 3.05) is 31.1 Å². The minimum atomic E-state index is -0.506. The number of hydrogen-bond donors (Lipinski definition) is 1. The van der Waals surface area contributed by atoms with Crippen LogP contribution in [0.2, 0.25) is 0 Å². The summed E-state index contributed by atoms with van der Waals surface area (Å²) in [6.07, 6.45) is 11.9. The van der Waals surface area contributed by atoms with Gasteiger partial charge in [0.25, 0.3) is 5.89 Å². The number of hydrogen-bond acceptors (Lipinski definition) is 9. The third kappa shape index (κ3) is 6.00. The summed E-state index contributed by atoms with van der Waals surface area (Å²) in [6.45, 7) is 10.2. The first-order chi connectivity index (χ1) is 21.1. The van der Waals surface area contributed by atoms with E-state index in [1.807, 2.05) is 45.2 Å². The molecule has 3 aromatic heterocycles. The maximum atomic E-state index is 12.4. The van der Waals surface area contributed by atoms with Crippen molar-refractivity contribution in [2.24, 2.45) is 10.9 Å². The number of amidine groups is 1. The molecule has 1 saturated heterocycles. The number of piperazine rings is 1. The first-order valence-corrected chi connectivity index (χ1v) is 15.5. The van der Waals surface area contributed by atoms with Crippen LogP contribution in [-0.4, -0.2) is 74.9 Å². The molecule has 1 saturated carbocycles. The molecule has 3 aromatic rings. The standard InChI is InChI=1S/C33H40N8O3/c1-5-22-7-8-23(19-37-28(22)34)26-11-10-25(21-35-26)33(13-6-14-33)30-38-29(44-39-30)24-9-12-27(36-20-24)40-15-17-41(18-16-40)31(42)43-32(2,3)4/h8-12,19-22,34H,5-7,13-18H2,1-4H3. The monoisotopic (exact) mass is 596 g/mol. The number of pyridine rings is 2. The molecule has 1 unspecified atom stereocenters. The van der Waals surface area contributed by atoms with E-state index in [4.69, 9.17) is 24.6 Å². The van der Waals surface area contributed by atoms with Gasteiger partial charge in [-0.15, -0.1) is 0 Å². The summed E-state index contributed by atoms with van der Waals surface area (Å²) in [7, 11) is 0. The van der Waals surface area contributed by atoms with Crippen LogP contribution < -0.4 is 4.90 Å². The highest BCUT2D eigenvalue weighted by molar-refractivity contribution is 6.13. The van der Waals surface area contributed by atoms with Crippen molar-refractivity contribution < 1.29 is 14.1 Å². The van der Waals surface area contributed by atoms with Crippen molar-refractivity contribution in [1.29, 1.82) is 5.41 Å². The summed E-state index contributed by atoms with van der Waals surface area (Å²) >= 11 is 0. The highest BCUT2D eigenvalue weighted by Crippen LogP contribution is 2.48. The van der Waals surface area contributed by atoms with Crippen molar-refractivity contribution >= 4 is 29.5 Å². The maximum absolute atomic E-state index is 12.4. The van der Waals surface area contributed by atoms with E-state index in [1.54, 1.807) is 17.3 Å². The fourth-order valence-corrected chi connectivity index (χ4v) is 5.91. The highest BCUT2D eigenvalue weighted by atomic mass is 16.6. The number of rotatable bonds is 6. The molecule has 11 nitrogen and oxygen atoms in total. The maximum Gasteiger partial charge on any atom is 0.410 e. The second-order valence-electron chi connectivity index (χ2n) is 12.8. The molecule has 1 aliphatic carbocycles. The normalized spacial score (nSPS) is 20.1. The summed E-state index contributed by atoms with van der Waals surface area (Å²) in [4.78, 5) is 34.9. The van der Waals surface area contributed by atoms with Crippen LogP contribution in [0.4, 0.5) is 10.6 Å². The molecule has 5 heterocycles. The summed E-state index contributed by atoms with van der Waals surface area (Å²) in [5, 5.41) is 12.6. The Bertz CT molecular complexity index is 1560. The third-order valence-electron chi connectivity index (χ3n) is 8.77. The van der Waals surface area contributed by atoms with E-state index in [-0.39, 0.29) is 17.4 Å². The Morgan fingerprint density at radius 1 is 1.09 bits per heavy atom. The van der Waals surface area contributed by atoms with Crippen molar-refractivity contribution in [3.63, 3.8) is 0 Å². The first-order valence-electron chi connectivity index (χ1n) is 15.5. The fraction of sp³-hybridized carbons (Fsp3) is 0.485. The van der Waals surface area contributed by atoms with Crippen LogP contribution >= 0.6 is 0 Å². The summed E-state index contributed by atoms with van der Waals surface area (Å²) < 4.78 is 11.2. The number of anilines is 1. The Morgan fingerprint density at radius 2 is 1.89 bits per heavy atom. The summed E-state index contributed by atoms with van der Waals surface area (Å²) in [6, 6.07) is 8.05. The van der Waals surface area contributed by atoms with Gasteiger partial charge in [-0.25, -0.2) is 14.8 Å². The Balaban J connectivity index is 1.12. The number of carbonyl (C=O) groups excluding carboxylic acids is 1. The smallest absolute Gasteiger partial charge is 0.410 e. The second kappa shape index (κ2) is 11.9. The van der Waals surface area contributed by atoms with Crippen molar-refractivity contribution in [1.82, 2.24) is 25.0 Å². The van der Waals surface area contributed by atoms with E-state index in [0.29, 0.717) is 43.7 Å². The van der Waals surface area contributed by atoms with E-state index in [1.165, 1.54) is 0 Å². The van der Waals surface area contributed by atoms with Gasteiger partial charge in [0.2, 0.25) is 0 Å². The van der Waals surface area contributed by atoms with Crippen molar-refractivity contribution in [3.05, 3.63) is 59.8 Å². The molecule has 0 bridgehead atoms. The molecule has 0 aromatic carbocycles. The van der Waals surface area contributed by atoms with Crippen LogP contribution in [0.5, 0.6) is 0 Å². The van der Waals surface area contributed by atoms with Gasteiger partial charge in [-0.3, -0.25) is 10.4 Å². The van der Waals surface area contributed by atoms with Crippen LogP contribution in [-0.2, 0) is 10.2 Å². The van der Waals surface area contributed by atoms with Crippen LogP contribution in [0.25, 0.3) is 17.0 Å². The minimum Gasteiger partial charge on any atom is -0.444 e. The lowest BCUT2D eigenvalue weighted by atomic mass is 9.64. The Morgan fingerprint density at radius 3 is 2.50 bits per heavy atom. The molecule has 6 rings (SSSR count). The van der Waals surface area contributed by atoms with Gasteiger partial charge in [0, 0.05) is 56.3 Å². The van der Waals surface area contributed by atoms with Crippen LogP contribution in [0.1, 0.15) is 76.9 Å². The zero-order chi connectivity index (χ0) is 30.9. The number of nitrogens with one attached hydrogen (secondary N) is 1. The third-order valence-corrected chi connectivity index (χ3v) is 8.77. The number of ether oxygens (including phenoxy) is 1. The van der Waals surface area contributed by atoms with Crippen LogP contribution in [0.3, 0.4) is 0 Å². The predicted octanol–water partition coefficient (Wildman–Crippen LogP) is 5.92. The van der Waals surface area contributed by atoms with E-state index >= 15 is 0 Å². The number of aromatic nitrogens is 4. The van der Waals surface area contributed by atoms with Gasteiger partial charge >= 0.3 is 6.09 Å². The van der Waals surface area contributed by atoms with E-state index < -0.39 is 5.60 Å². The second-order valence-corrected chi connectivity index (χ2v) is 12.8. The lowest BCUT2D eigenvalue weighted by molar-refractivity contribution is 0.0240. The molecule has 1 amide bonds. The molecule has 1 N–H and O–H groups in total. The van der Waals surface area contributed by atoms with Crippen LogP contribution in [0, 0.1) is 11.3 Å². The minimum absolute atomic E-state index is 0.154. The predicted molar refractivity (Wildman–Crippen MR) is 169 cm³/mol. The summed E-state index contributed by atoms with van der Waals surface area (Å²) in [5.74, 6) is 2.54. The fourth-order valence-electron chi connectivity index (χ4n) is 5.91. The van der Waals surface area contributed by atoms with Gasteiger partial charge in [0.15, 0.2) is 5.82 Å². The number of aliphatic imine (C=N–C) groups is 1. The van der Waals surface area contributed by atoms with Gasteiger partial charge in [-0.2, -0.15) is 4.98 Å². The van der Waals surface area contributed by atoms with Gasteiger partial charge in [0.05, 0.1) is 16.7 Å². The first kappa shape index (κ1) is 29.7. The van der Waals surface area contributed by atoms with Crippen molar-refractivity contribution in [2.45, 2.75) is 70.8 Å². The zero-order valence-electron chi connectivity index (χ0n) is 25.9. The van der Waals surface area contributed by atoms with Crippen LogP contribution in [0.15, 0.2) is 52.3 Å². The largest absolute Gasteiger partial charge is 0.444 e. The number of carbonyl (C=O) groups is 1. The summed E-state index contributed by atoms with van der Waals surface area (Å²) in [5.41, 5.74) is 2.80. The Kier molecular flexibility index (Phi) is 8.04. The van der Waals surface area contributed by atoms with Gasteiger partial charge in [0.1, 0.15) is 17.3 Å². The quantitative estimate of drug-likeness (QED) is 0.371. The molecule has 230 valence electrons. The van der Waals surface area contributed by atoms with Gasteiger partial charge in [-0.1, -0.05) is 30.6 Å². The number of nitrogens with zero attached hydrogens (tertiary/aromatic N) is 7. The lowest BCUT2D eigenvalue weighted by Crippen LogP contribution is -2.50. The van der Waals surface area contributed by atoms with E-state index in [9.17, 15) is 4.79 Å². The number of amides is 1. The zero-order valence-corrected chi connectivity index (χ0v) is 25.9. The highest BCUT2D eigenvalue weighted by Gasteiger charge is 2.45. The van der Waals surface area contributed by atoms with E-state index in [2.05, 4.69) is 39.1 Å². The molecule has 11 heteroatoms. The molecule has 1 atom stereocenters. The molecule has 44 heavy (non-hydrogen) atoms. The molecular weight excluding hydrogens is 556 g/mol. The molecule has 0 radical (unpaired) electrons. The average molecular weight is 597 g/mol. The average Bonchev–Trinajstić information content (AvgIpc) is 3.40. The Labute approximate surface area is 258 Å². The molecular formula is C33H40N8O3. The topological polar surface area (TPSA) is 134 Å². The molecule has 3 aliphatic rings. The van der Waals surface area contributed by atoms with Gasteiger partial charge < -0.3 is 19.1 Å². The van der Waals surface area contributed by atoms with E-state index in [0.717, 1.165) is 60.3 Å². The lowest BCUT2D eigenvalue weighted by Gasteiger charge is -2.39. The van der Waals surface area contributed by atoms with Crippen molar-refractivity contribution in [3.8, 4) is 11.5 Å². The Hall–Kier alpha value is -4.41.